The van der Waals surface area contributed by atoms with E-state index in [1.807, 2.05) is 0 Å². The fourth-order valence-corrected chi connectivity index (χ4v) is 2.44. The van der Waals surface area contributed by atoms with Gasteiger partial charge in [0.2, 0.25) is 0 Å². The first-order valence-electron chi connectivity index (χ1n) is 5.72. The predicted molar refractivity (Wildman–Crippen MR) is 56.9 cm³/mol. The van der Waals surface area contributed by atoms with E-state index in [4.69, 9.17) is 0 Å². The van der Waals surface area contributed by atoms with Crippen molar-refractivity contribution in [3.8, 4) is 0 Å². The minimum Gasteiger partial charge on any atom is -0.389 e. The summed E-state index contributed by atoms with van der Waals surface area (Å²) >= 11 is 0. The zero-order valence-electron chi connectivity index (χ0n) is 9.72. The van der Waals surface area contributed by atoms with Crippen molar-refractivity contribution in [3.05, 3.63) is 11.6 Å². The zero-order chi connectivity index (χ0) is 12.3. The van der Waals surface area contributed by atoms with Crippen molar-refractivity contribution in [2.24, 2.45) is 11.8 Å². The Morgan fingerprint density at radius 3 is 2.31 bits per heavy atom. The Kier molecular flexibility index (Phi) is 4.42. The van der Waals surface area contributed by atoms with E-state index in [-0.39, 0.29) is 6.42 Å². The zero-order valence-corrected chi connectivity index (χ0v) is 9.72. The lowest BCUT2D eigenvalue weighted by molar-refractivity contribution is -0.204. The van der Waals surface area contributed by atoms with Crippen molar-refractivity contribution in [2.75, 3.05) is 0 Å². The highest BCUT2D eigenvalue weighted by Crippen LogP contribution is 2.43. The molecule has 0 spiro atoms. The molecule has 0 amide bonds. The molecular formula is C12H19F3O. The molecule has 1 saturated carbocycles. The molecule has 0 aliphatic heterocycles. The van der Waals surface area contributed by atoms with Gasteiger partial charge in [0.15, 0.2) is 0 Å². The van der Waals surface area contributed by atoms with Gasteiger partial charge in [-0.05, 0) is 32.6 Å². The Hall–Kier alpha value is -0.510. The van der Waals surface area contributed by atoms with E-state index in [1.54, 1.807) is 13.8 Å². The van der Waals surface area contributed by atoms with Crippen molar-refractivity contribution in [1.29, 1.82) is 0 Å². The lowest BCUT2D eigenvalue weighted by atomic mass is 9.75. The molecule has 0 aromatic heterocycles. The molecule has 1 aliphatic carbocycles. The van der Waals surface area contributed by atoms with E-state index in [0.29, 0.717) is 12.8 Å². The first-order chi connectivity index (χ1) is 7.32. The Balaban J connectivity index is 2.78. The highest BCUT2D eigenvalue weighted by atomic mass is 19.4. The summed E-state index contributed by atoms with van der Waals surface area (Å²) in [5.74, 6) is -2.00. The molecule has 4 heteroatoms. The molecule has 1 fully saturated rings. The average molecular weight is 236 g/mol. The lowest BCUT2D eigenvalue weighted by Gasteiger charge is -2.35. The molecule has 3 unspecified atom stereocenters. The normalized spacial score (nSPS) is 28.6. The number of allylic oxidation sites excluding steroid dienone is 1. The second kappa shape index (κ2) is 5.21. The number of hydrogen-bond donors (Lipinski definition) is 1. The molecule has 0 aromatic rings. The van der Waals surface area contributed by atoms with Gasteiger partial charge in [0.25, 0.3) is 0 Å². The maximum Gasteiger partial charge on any atom is 0.392 e. The molecule has 0 radical (unpaired) electrons. The van der Waals surface area contributed by atoms with Crippen LogP contribution < -0.4 is 0 Å². The van der Waals surface area contributed by atoms with Crippen LogP contribution in [0.5, 0.6) is 0 Å². The van der Waals surface area contributed by atoms with Crippen LogP contribution in [-0.2, 0) is 0 Å². The first-order valence-corrected chi connectivity index (χ1v) is 5.72. The number of aliphatic hydroxyl groups excluding tert-OH is 1. The van der Waals surface area contributed by atoms with Gasteiger partial charge in [0.1, 0.15) is 0 Å². The maximum absolute atomic E-state index is 12.8. The molecule has 0 aromatic carbocycles. The summed E-state index contributed by atoms with van der Waals surface area (Å²) in [7, 11) is 0. The van der Waals surface area contributed by atoms with Crippen molar-refractivity contribution < 1.29 is 18.3 Å². The van der Waals surface area contributed by atoms with Crippen LogP contribution in [0.15, 0.2) is 11.6 Å². The Morgan fingerprint density at radius 1 is 1.25 bits per heavy atom. The fourth-order valence-electron chi connectivity index (χ4n) is 2.44. The lowest BCUT2D eigenvalue weighted by Crippen LogP contribution is -2.38. The quantitative estimate of drug-likeness (QED) is 0.725. The first kappa shape index (κ1) is 13.6. The number of aliphatic hydroxyl groups is 1. The molecule has 16 heavy (non-hydrogen) atoms. The predicted octanol–water partition coefficient (Wildman–Crippen LogP) is 3.68. The number of hydrogen-bond acceptors (Lipinski definition) is 1. The minimum atomic E-state index is -4.18. The molecule has 0 bridgehead atoms. The van der Waals surface area contributed by atoms with Crippen LogP contribution in [0, 0.1) is 11.8 Å². The van der Waals surface area contributed by atoms with Crippen LogP contribution in [0.2, 0.25) is 0 Å². The van der Waals surface area contributed by atoms with Crippen LogP contribution in [0.1, 0.15) is 39.5 Å². The van der Waals surface area contributed by atoms with Gasteiger partial charge in [-0.15, -0.1) is 0 Å². The van der Waals surface area contributed by atoms with E-state index in [9.17, 15) is 18.3 Å². The van der Waals surface area contributed by atoms with Gasteiger partial charge < -0.3 is 5.11 Å². The molecule has 0 saturated heterocycles. The van der Waals surface area contributed by atoms with Crippen LogP contribution in [0.4, 0.5) is 13.2 Å². The summed E-state index contributed by atoms with van der Waals surface area (Å²) in [4.78, 5) is 0. The van der Waals surface area contributed by atoms with Gasteiger partial charge in [-0.2, -0.15) is 13.2 Å². The molecule has 94 valence electrons. The van der Waals surface area contributed by atoms with Gasteiger partial charge in [-0.1, -0.05) is 24.5 Å². The number of halogens is 3. The van der Waals surface area contributed by atoms with Crippen LogP contribution >= 0.6 is 0 Å². The minimum absolute atomic E-state index is 0.155. The smallest absolute Gasteiger partial charge is 0.389 e. The van der Waals surface area contributed by atoms with Crippen LogP contribution in [-0.4, -0.2) is 17.4 Å². The molecule has 1 nitrogen and oxygen atoms in total. The third kappa shape index (κ3) is 3.51. The van der Waals surface area contributed by atoms with Gasteiger partial charge >= 0.3 is 6.18 Å². The summed E-state index contributed by atoms with van der Waals surface area (Å²) in [6, 6.07) is 0. The average Bonchev–Trinajstić information content (AvgIpc) is 2.15. The highest BCUT2D eigenvalue weighted by molar-refractivity contribution is 5.02. The largest absolute Gasteiger partial charge is 0.392 e. The summed E-state index contributed by atoms with van der Waals surface area (Å²) in [5, 5.41) is 9.80. The third-order valence-electron chi connectivity index (χ3n) is 3.18. The summed E-state index contributed by atoms with van der Waals surface area (Å²) in [6.07, 6.45) is -1.59. The van der Waals surface area contributed by atoms with Crippen molar-refractivity contribution >= 4 is 0 Å². The topological polar surface area (TPSA) is 20.2 Å². The Morgan fingerprint density at radius 2 is 1.81 bits per heavy atom. The number of rotatable bonds is 2. The molecule has 1 N–H and O–H groups in total. The van der Waals surface area contributed by atoms with Gasteiger partial charge in [-0.25, -0.2) is 0 Å². The van der Waals surface area contributed by atoms with E-state index in [1.165, 1.54) is 6.08 Å². The molecule has 1 aliphatic rings. The summed E-state index contributed by atoms with van der Waals surface area (Å²) in [5.41, 5.74) is 0.860. The van der Waals surface area contributed by atoms with Gasteiger partial charge in [0.05, 0.1) is 12.0 Å². The Bertz CT molecular complexity index is 253. The second-order valence-electron chi connectivity index (χ2n) is 4.83. The monoisotopic (exact) mass is 236 g/mol. The fraction of sp³-hybridized carbons (Fsp3) is 0.833. The second-order valence-corrected chi connectivity index (χ2v) is 4.83. The van der Waals surface area contributed by atoms with E-state index in [0.717, 1.165) is 12.0 Å². The van der Waals surface area contributed by atoms with E-state index in [2.05, 4.69) is 0 Å². The SMILES string of the molecule is CC(C)=CC(O)C1CCCCC1C(F)(F)F. The highest BCUT2D eigenvalue weighted by Gasteiger charge is 2.47. The summed E-state index contributed by atoms with van der Waals surface area (Å²) < 4.78 is 38.3. The van der Waals surface area contributed by atoms with Gasteiger partial charge in [0, 0.05) is 0 Å². The molecule has 0 heterocycles. The number of alkyl halides is 3. The molecule has 3 atom stereocenters. The van der Waals surface area contributed by atoms with E-state index < -0.39 is 24.1 Å². The van der Waals surface area contributed by atoms with Crippen LogP contribution in [0.3, 0.4) is 0 Å². The third-order valence-corrected chi connectivity index (χ3v) is 3.18. The van der Waals surface area contributed by atoms with Gasteiger partial charge in [-0.3, -0.25) is 0 Å². The standard InChI is InChI=1S/C12H19F3O/c1-8(2)7-11(16)9-5-3-4-6-10(9)12(13,14)15/h7,9-11,16H,3-6H2,1-2H3. The van der Waals surface area contributed by atoms with Crippen LogP contribution in [0.25, 0.3) is 0 Å². The molecule has 1 rings (SSSR count). The van der Waals surface area contributed by atoms with Crippen molar-refractivity contribution in [1.82, 2.24) is 0 Å². The van der Waals surface area contributed by atoms with Crippen molar-refractivity contribution in [3.63, 3.8) is 0 Å². The maximum atomic E-state index is 12.8. The Labute approximate surface area is 94.3 Å². The summed E-state index contributed by atoms with van der Waals surface area (Å²) in [6.45, 7) is 3.57. The van der Waals surface area contributed by atoms with E-state index >= 15 is 0 Å². The van der Waals surface area contributed by atoms with Crippen molar-refractivity contribution in [2.45, 2.75) is 51.8 Å². The molecular weight excluding hydrogens is 217 g/mol.